The zero-order valence-electron chi connectivity index (χ0n) is 9.90. The molecule has 16 heavy (non-hydrogen) atoms. The van der Waals surface area contributed by atoms with Gasteiger partial charge in [-0.15, -0.1) is 0 Å². The van der Waals surface area contributed by atoms with E-state index in [1.807, 2.05) is 24.3 Å². The molecule has 0 unspecified atom stereocenters. The number of benzene rings is 1. The predicted molar refractivity (Wildman–Crippen MR) is 67.7 cm³/mol. The van der Waals surface area contributed by atoms with Crippen molar-refractivity contribution in [2.45, 2.75) is 32.4 Å². The molecule has 0 spiro atoms. The van der Waals surface area contributed by atoms with Crippen LogP contribution >= 0.6 is 0 Å². The lowest BCUT2D eigenvalue weighted by molar-refractivity contribution is 0.252. The highest BCUT2D eigenvalue weighted by atomic mass is 28.2. The van der Waals surface area contributed by atoms with Crippen molar-refractivity contribution in [1.82, 2.24) is 0 Å². The Labute approximate surface area is 99.9 Å². The molecule has 2 radical (unpaired) electrons. The van der Waals surface area contributed by atoms with Gasteiger partial charge in [-0.1, -0.05) is 6.07 Å². The summed E-state index contributed by atoms with van der Waals surface area (Å²) in [6.07, 6.45) is 1.34. The lowest BCUT2D eigenvalue weighted by Gasteiger charge is -2.07. The maximum atomic E-state index is 5.65. The molecule has 1 rings (SSSR count). The zero-order chi connectivity index (χ0) is 11.8. The third-order valence-corrected chi connectivity index (χ3v) is 3.06. The summed E-state index contributed by atoms with van der Waals surface area (Å²) in [5.74, 6) is 0.841. The quantitative estimate of drug-likeness (QED) is 0.450. The van der Waals surface area contributed by atoms with Crippen LogP contribution in [0.2, 0.25) is 6.04 Å². The Morgan fingerprint density at radius 2 is 2.19 bits per heavy atom. The van der Waals surface area contributed by atoms with Crippen LogP contribution in [0.5, 0.6) is 5.75 Å². The Morgan fingerprint density at radius 3 is 2.88 bits per heavy atom. The first-order chi connectivity index (χ1) is 7.68. The van der Waals surface area contributed by atoms with Gasteiger partial charge in [0.2, 0.25) is 9.76 Å². The molecule has 2 N–H and O–H groups in total. The first-order valence-electron chi connectivity index (χ1n) is 5.55. The molecule has 1 aromatic carbocycles. The fourth-order valence-corrected chi connectivity index (χ4v) is 1.90. The molecule has 0 fully saturated rings. The molecule has 0 saturated carbocycles. The monoisotopic (exact) mass is 237 g/mol. The minimum absolute atomic E-state index is 0.327. The van der Waals surface area contributed by atoms with Gasteiger partial charge >= 0.3 is 0 Å². The van der Waals surface area contributed by atoms with Crippen molar-refractivity contribution < 1.29 is 9.16 Å². The molecule has 0 aromatic heterocycles. The van der Waals surface area contributed by atoms with E-state index in [1.165, 1.54) is 0 Å². The summed E-state index contributed by atoms with van der Waals surface area (Å²) in [4.78, 5) is 0. The number of anilines is 1. The Bertz CT molecular complexity index is 305. The van der Waals surface area contributed by atoms with E-state index in [2.05, 4.69) is 13.8 Å². The van der Waals surface area contributed by atoms with E-state index < -0.39 is 0 Å². The predicted octanol–water partition coefficient (Wildman–Crippen LogP) is 2.50. The van der Waals surface area contributed by atoms with Gasteiger partial charge in [0.25, 0.3) is 0 Å². The van der Waals surface area contributed by atoms with Crippen LogP contribution in [0.3, 0.4) is 0 Å². The number of ether oxygens (including phenoxy) is 1. The number of hydrogen-bond acceptors (Lipinski definition) is 3. The molecule has 0 amide bonds. The zero-order valence-corrected chi connectivity index (χ0v) is 10.9. The molecular formula is C12H19NO2Si. The average molecular weight is 237 g/mol. The summed E-state index contributed by atoms with van der Waals surface area (Å²) in [5, 5.41) is 0. The van der Waals surface area contributed by atoms with Gasteiger partial charge in [-0.25, -0.2) is 0 Å². The topological polar surface area (TPSA) is 44.5 Å². The molecule has 0 saturated heterocycles. The fraction of sp³-hybridized carbons (Fsp3) is 0.500. The third-order valence-electron chi connectivity index (χ3n) is 1.87. The second-order valence-corrected chi connectivity index (χ2v) is 4.86. The molecule has 0 atom stereocenters. The second-order valence-electron chi connectivity index (χ2n) is 3.84. The fourth-order valence-electron chi connectivity index (χ4n) is 1.16. The minimum Gasteiger partial charge on any atom is -0.494 e. The summed E-state index contributed by atoms with van der Waals surface area (Å²) in [6, 6.07) is 8.57. The van der Waals surface area contributed by atoms with Gasteiger partial charge in [-0.2, -0.15) is 0 Å². The summed E-state index contributed by atoms with van der Waals surface area (Å²) < 4.78 is 11.0. The number of nitrogens with two attached hydrogens (primary N) is 1. The highest BCUT2D eigenvalue weighted by molar-refractivity contribution is 6.27. The van der Waals surface area contributed by atoms with Gasteiger partial charge < -0.3 is 14.9 Å². The van der Waals surface area contributed by atoms with Crippen LogP contribution in [0, 0.1) is 0 Å². The van der Waals surface area contributed by atoms with Crippen LogP contribution < -0.4 is 10.5 Å². The standard InChI is InChI=1S/C12H19NO2Si/c1-10(2)15-16-8-4-7-14-12-6-3-5-11(13)9-12/h3,5-6,9-10H,4,7-8,13H2,1-2H3. The van der Waals surface area contributed by atoms with Gasteiger partial charge in [0.15, 0.2) is 0 Å². The first-order valence-corrected chi connectivity index (χ1v) is 6.67. The summed E-state index contributed by atoms with van der Waals surface area (Å²) >= 11 is 0. The smallest absolute Gasteiger partial charge is 0.230 e. The average Bonchev–Trinajstić information content (AvgIpc) is 2.23. The summed E-state index contributed by atoms with van der Waals surface area (Å²) in [7, 11) is 0.573. The Kier molecular flexibility index (Phi) is 5.96. The molecular weight excluding hydrogens is 218 g/mol. The van der Waals surface area contributed by atoms with Crippen molar-refractivity contribution >= 4 is 15.5 Å². The van der Waals surface area contributed by atoms with Crippen molar-refractivity contribution in [2.24, 2.45) is 0 Å². The molecule has 0 bridgehead atoms. The van der Waals surface area contributed by atoms with Crippen LogP contribution in [0.25, 0.3) is 0 Å². The van der Waals surface area contributed by atoms with E-state index >= 15 is 0 Å². The number of rotatable bonds is 7. The number of nitrogen functional groups attached to an aromatic ring is 1. The van der Waals surface area contributed by atoms with Crippen molar-refractivity contribution in [3.63, 3.8) is 0 Å². The normalized spacial score (nSPS) is 10.7. The highest BCUT2D eigenvalue weighted by Crippen LogP contribution is 2.14. The lowest BCUT2D eigenvalue weighted by atomic mass is 10.3. The van der Waals surface area contributed by atoms with Crippen molar-refractivity contribution in [3.05, 3.63) is 24.3 Å². The largest absolute Gasteiger partial charge is 0.494 e. The lowest BCUT2D eigenvalue weighted by Crippen LogP contribution is -2.08. The molecule has 4 heteroatoms. The number of hydrogen-bond donors (Lipinski definition) is 1. The molecule has 0 aliphatic rings. The van der Waals surface area contributed by atoms with Crippen molar-refractivity contribution in [2.75, 3.05) is 12.3 Å². The maximum absolute atomic E-state index is 5.65. The molecule has 0 aliphatic carbocycles. The van der Waals surface area contributed by atoms with Crippen LogP contribution in [0.4, 0.5) is 5.69 Å². The van der Waals surface area contributed by atoms with Gasteiger partial charge in [-0.05, 0) is 38.4 Å². The Morgan fingerprint density at radius 1 is 1.38 bits per heavy atom. The van der Waals surface area contributed by atoms with Crippen LogP contribution in [0.15, 0.2) is 24.3 Å². The molecule has 1 aromatic rings. The van der Waals surface area contributed by atoms with E-state index in [9.17, 15) is 0 Å². The van der Waals surface area contributed by atoms with Gasteiger partial charge in [0.05, 0.1) is 6.61 Å². The van der Waals surface area contributed by atoms with Crippen molar-refractivity contribution in [3.8, 4) is 5.75 Å². The minimum atomic E-state index is 0.327. The maximum Gasteiger partial charge on any atom is 0.230 e. The molecule has 3 nitrogen and oxygen atoms in total. The molecule has 0 aliphatic heterocycles. The van der Waals surface area contributed by atoms with E-state index in [1.54, 1.807) is 0 Å². The highest BCUT2D eigenvalue weighted by Gasteiger charge is 1.97. The van der Waals surface area contributed by atoms with Crippen LogP contribution in [-0.2, 0) is 4.43 Å². The molecule has 88 valence electrons. The molecule has 0 heterocycles. The summed E-state index contributed by atoms with van der Waals surface area (Å²) in [6.45, 7) is 4.82. The Balaban J connectivity index is 2.07. The van der Waals surface area contributed by atoms with Crippen LogP contribution in [0.1, 0.15) is 20.3 Å². The van der Waals surface area contributed by atoms with Crippen molar-refractivity contribution in [1.29, 1.82) is 0 Å². The van der Waals surface area contributed by atoms with E-state index in [-0.39, 0.29) is 0 Å². The van der Waals surface area contributed by atoms with Gasteiger partial charge in [-0.3, -0.25) is 0 Å². The van der Waals surface area contributed by atoms with E-state index in [4.69, 9.17) is 14.9 Å². The van der Waals surface area contributed by atoms with E-state index in [0.717, 1.165) is 30.5 Å². The SMILES string of the molecule is CC(C)O[Si]CCCOc1cccc(N)c1. The van der Waals surface area contributed by atoms with Crippen LogP contribution in [-0.4, -0.2) is 22.5 Å². The second kappa shape index (κ2) is 7.30. The Hall–Kier alpha value is -1.00. The van der Waals surface area contributed by atoms with E-state index in [0.29, 0.717) is 15.9 Å². The van der Waals surface area contributed by atoms with Gasteiger partial charge in [0.1, 0.15) is 5.75 Å². The summed E-state index contributed by atoms with van der Waals surface area (Å²) in [5.41, 5.74) is 6.38. The first kappa shape index (κ1) is 13.1. The van der Waals surface area contributed by atoms with Gasteiger partial charge in [0, 0.05) is 17.9 Å². The third kappa shape index (κ3) is 5.78.